The Hall–Kier alpha value is -2.01. The van der Waals surface area contributed by atoms with Crippen LogP contribution in [0.5, 0.6) is 0 Å². The van der Waals surface area contributed by atoms with Crippen molar-refractivity contribution < 1.29 is 14.0 Å². The quantitative estimate of drug-likeness (QED) is 0.726. The molecule has 0 aliphatic carbocycles. The lowest BCUT2D eigenvalue weighted by Gasteiger charge is -2.14. The highest BCUT2D eigenvalue weighted by Crippen LogP contribution is 2.32. The number of halogens is 1. The molecule has 0 saturated heterocycles. The molecule has 0 unspecified atom stereocenters. The third kappa shape index (κ3) is 1.32. The number of para-hydroxylation sites is 1. The fourth-order valence-corrected chi connectivity index (χ4v) is 2.62. The van der Waals surface area contributed by atoms with Crippen molar-refractivity contribution in [3.8, 4) is 0 Å². The summed E-state index contributed by atoms with van der Waals surface area (Å²) in [5.41, 5.74) is 0.356. The first-order valence-electron chi connectivity index (χ1n) is 4.91. The number of fused-ring (bicyclic) bond motifs is 1. The van der Waals surface area contributed by atoms with Gasteiger partial charge in [-0.25, -0.2) is 9.29 Å². The van der Waals surface area contributed by atoms with Gasteiger partial charge in [-0.05, 0) is 23.6 Å². The van der Waals surface area contributed by atoms with E-state index in [2.05, 4.69) is 0 Å². The van der Waals surface area contributed by atoms with Gasteiger partial charge in [0.25, 0.3) is 11.8 Å². The molecule has 0 saturated carbocycles. The molecule has 1 aromatic carbocycles. The van der Waals surface area contributed by atoms with Gasteiger partial charge in [-0.1, -0.05) is 12.1 Å². The number of rotatable bonds is 1. The molecule has 2 heterocycles. The molecule has 0 radical (unpaired) electrons. The number of carbonyl (C=O) groups excluding carboxylic acids is 2. The minimum absolute atomic E-state index is 0.00546. The lowest BCUT2D eigenvalue weighted by Crippen LogP contribution is -2.30. The van der Waals surface area contributed by atoms with Gasteiger partial charge < -0.3 is 0 Å². The summed E-state index contributed by atoms with van der Waals surface area (Å²) in [6.45, 7) is 0. The van der Waals surface area contributed by atoms with Crippen LogP contribution in [0.25, 0.3) is 0 Å². The third-order valence-corrected chi connectivity index (χ3v) is 3.49. The van der Waals surface area contributed by atoms with Crippen molar-refractivity contribution >= 4 is 28.8 Å². The minimum atomic E-state index is -0.579. The molecule has 0 N–H and O–H groups in total. The Morgan fingerprint density at radius 2 is 1.82 bits per heavy atom. The fraction of sp³-hybridized carbons (Fsp3) is 0. The average Bonchev–Trinajstić information content (AvgIpc) is 2.87. The highest BCUT2D eigenvalue weighted by molar-refractivity contribution is 7.13. The number of carbonyl (C=O) groups is 2. The van der Waals surface area contributed by atoms with Gasteiger partial charge in [0.05, 0.1) is 11.3 Å². The normalized spacial score (nSPS) is 14.3. The monoisotopic (exact) mass is 247 g/mol. The number of nitrogens with zero attached hydrogens (tertiary/aromatic N) is 1. The van der Waals surface area contributed by atoms with Gasteiger partial charge in [0, 0.05) is 0 Å². The second-order valence-electron chi connectivity index (χ2n) is 3.56. The van der Waals surface area contributed by atoms with Crippen LogP contribution in [0.2, 0.25) is 0 Å². The van der Waals surface area contributed by atoms with Gasteiger partial charge in [0.15, 0.2) is 0 Å². The van der Waals surface area contributed by atoms with Crippen LogP contribution in [0.15, 0.2) is 35.7 Å². The molecule has 17 heavy (non-hydrogen) atoms. The van der Waals surface area contributed by atoms with E-state index < -0.39 is 17.6 Å². The zero-order chi connectivity index (χ0) is 12.0. The highest BCUT2D eigenvalue weighted by atomic mass is 32.1. The van der Waals surface area contributed by atoms with E-state index in [1.807, 2.05) is 0 Å². The number of benzene rings is 1. The summed E-state index contributed by atoms with van der Waals surface area (Å²) in [4.78, 5) is 25.2. The zero-order valence-corrected chi connectivity index (χ0v) is 9.33. The molecule has 2 aromatic rings. The average molecular weight is 247 g/mol. The molecule has 5 heteroatoms. The van der Waals surface area contributed by atoms with E-state index in [4.69, 9.17) is 0 Å². The summed E-state index contributed by atoms with van der Waals surface area (Å²) in [6, 6.07) is 7.33. The molecule has 1 aromatic heterocycles. The van der Waals surface area contributed by atoms with Crippen molar-refractivity contribution in [1.82, 2.24) is 0 Å². The van der Waals surface area contributed by atoms with Gasteiger partial charge in [-0.3, -0.25) is 9.59 Å². The van der Waals surface area contributed by atoms with E-state index in [1.165, 1.54) is 29.5 Å². The van der Waals surface area contributed by atoms with Gasteiger partial charge in [-0.2, -0.15) is 0 Å². The molecular formula is C12H6FNO2S. The van der Waals surface area contributed by atoms with Crippen molar-refractivity contribution in [2.75, 3.05) is 4.90 Å². The van der Waals surface area contributed by atoms with Crippen LogP contribution in [0.1, 0.15) is 20.0 Å². The predicted molar refractivity (Wildman–Crippen MR) is 61.9 cm³/mol. The van der Waals surface area contributed by atoms with Crippen LogP contribution in [0.3, 0.4) is 0 Å². The number of anilines is 1. The standard InChI is InChI=1S/C12H6FNO2S/c13-8-3-1-2-4-9(8)14-11(15)7-5-6-17-10(7)12(14)16/h1-6H. The van der Waals surface area contributed by atoms with Gasteiger partial charge in [0.2, 0.25) is 0 Å². The molecular weight excluding hydrogens is 241 g/mol. The Bertz CT molecular complexity index is 604. The van der Waals surface area contributed by atoms with E-state index in [0.717, 1.165) is 4.90 Å². The van der Waals surface area contributed by atoms with E-state index in [0.29, 0.717) is 10.4 Å². The molecule has 0 atom stereocenters. The van der Waals surface area contributed by atoms with Crippen molar-refractivity contribution in [2.24, 2.45) is 0 Å². The number of hydrogen-bond donors (Lipinski definition) is 0. The SMILES string of the molecule is O=C1c2ccsc2C(=O)N1c1ccccc1F. The molecule has 0 spiro atoms. The first kappa shape index (κ1) is 10.2. The molecule has 84 valence electrons. The summed E-state index contributed by atoms with van der Waals surface area (Å²) in [6.07, 6.45) is 0. The van der Waals surface area contributed by atoms with Crippen LogP contribution in [-0.2, 0) is 0 Å². The molecule has 1 aliphatic heterocycles. The van der Waals surface area contributed by atoms with Crippen molar-refractivity contribution in [3.63, 3.8) is 0 Å². The maximum atomic E-state index is 13.6. The largest absolute Gasteiger partial charge is 0.276 e. The van der Waals surface area contributed by atoms with Crippen LogP contribution < -0.4 is 4.90 Å². The smallest absolute Gasteiger partial charge is 0.268 e. The van der Waals surface area contributed by atoms with Crippen molar-refractivity contribution in [1.29, 1.82) is 0 Å². The second-order valence-corrected chi connectivity index (χ2v) is 4.48. The van der Waals surface area contributed by atoms with E-state index >= 15 is 0 Å². The summed E-state index contributed by atoms with van der Waals surface area (Å²) in [7, 11) is 0. The molecule has 0 bridgehead atoms. The minimum Gasteiger partial charge on any atom is -0.268 e. The Kier molecular flexibility index (Phi) is 2.09. The Morgan fingerprint density at radius 3 is 2.53 bits per heavy atom. The topological polar surface area (TPSA) is 37.4 Å². The molecule has 3 nitrogen and oxygen atoms in total. The first-order chi connectivity index (χ1) is 8.20. The van der Waals surface area contributed by atoms with Crippen LogP contribution in [0, 0.1) is 5.82 Å². The Balaban J connectivity index is 2.14. The Labute approximate surface area is 100 Å². The summed E-state index contributed by atoms with van der Waals surface area (Å²) in [5.74, 6) is -1.49. The van der Waals surface area contributed by atoms with Crippen LogP contribution in [-0.4, -0.2) is 11.8 Å². The van der Waals surface area contributed by atoms with E-state index in [-0.39, 0.29) is 5.69 Å². The Morgan fingerprint density at radius 1 is 1.06 bits per heavy atom. The summed E-state index contributed by atoms with van der Waals surface area (Å²) >= 11 is 1.19. The molecule has 2 amide bonds. The molecule has 1 aliphatic rings. The third-order valence-electron chi connectivity index (χ3n) is 2.59. The first-order valence-corrected chi connectivity index (χ1v) is 5.79. The zero-order valence-electron chi connectivity index (χ0n) is 8.51. The second kappa shape index (κ2) is 3.49. The number of imide groups is 1. The van der Waals surface area contributed by atoms with Crippen LogP contribution >= 0.6 is 11.3 Å². The lowest BCUT2D eigenvalue weighted by atomic mass is 10.2. The maximum absolute atomic E-state index is 13.6. The predicted octanol–water partition coefficient (Wildman–Crippen LogP) is 2.69. The fourth-order valence-electron chi connectivity index (χ4n) is 1.81. The molecule has 3 rings (SSSR count). The van der Waals surface area contributed by atoms with Crippen molar-refractivity contribution in [2.45, 2.75) is 0 Å². The number of hydrogen-bond acceptors (Lipinski definition) is 3. The van der Waals surface area contributed by atoms with E-state index in [1.54, 1.807) is 17.5 Å². The van der Waals surface area contributed by atoms with E-state index in [9.17, 15) is 14.0 Å². The number of amides is 2. The van der Waals surface area contributed by atoms with Gasteiger partial charge in [0.1, 0.15) is 10.7 Å². The maximum Gasteiger partial charge on any atom is 0.276 e. The lowest BCUT2D eigenvalue weighted by molar-refractivity contribution is 0.0926. The van der Waals surface area contributed by atoms with Gasteiger partial charge >= 0.3 is 0 Å². The molecule has 0 fully saturated rings. The van der Waals surface area contributed by atoms with Crippen LogP contribution in [0.4, 0.5) is 10.1 Å². The highest BCUT2D eigenvalue weighted by Gasteiger charge is 2.38. The number of thiophene rings is 1. The van der Waals surface area contributed by atoms with Gasteiger partial charge in [-0.15, -0.1) is 11.3 Å². The summed E-state index contributed by atoms with van der Waals surface area (Å²) in [5, 5.41) is 1.68. The van der Waals surface area contributed by atoms with Crippen molar-refractivity contribution in [3.05, 3.63) is 52.0 Å². The summed E-state index contributed by atoms with van der Waals surface area (Å²) < 4.78 is 13.6.